The molecule has 0 bridgehead atoms. The number of aliphatic hydroxyl groups excluding tert-OH is 1. The Morgan fingerprint density at radius 2 is 2.21 bits per heavy atom. The number of rotatable bonds is 4. The van der Waals surface area contributed by atoms with Crippen LogP contribution in [0.5, 0.6) is 0 Å². The molecule has 78 valence electrons. The Morgan fingerprint density at radius 1 is 1.50 bits per heavy atom. The van der Waals surface area contributed by atoms with Crippen LogP contribution in [0.15, 0.2) is 18.2 Å². The Morgan fingerprint density at radius 3 is 2.86 bits per heavy atom. The summed E-state index contributed by atoms with van der Waals surface area (Å²) in [7, 11) is 0. The normalized spacial score (nSPS) is 12.9. The van der Waals surface area contributed by atoms with Gasteiger partial charge in [0.05, 0.1) is 6.10 Å². The molecule has 1 aromatic carbocycles. The summed E-state index contributed by atoms with van der Waals surface area (Å²) >= 11 is 0. The number of halogens is 1. The van der Waals surface area contributed by atoms with Gasteiger partial charge in [0.25, 0.3) is 0 Å². The van der Waals surface area contributed by atoms with Crippen LogP contribution >= 0.6 is 0 Å². The fraction of sp³-hybridized carbons (Fsp3) is 0.455. The molecule has 0 saturated carbocycles. The van der Waals surface area contributed by atoms with E-state index in [2.05, 4.69) is 5.32 Å². The van der Waals surface area contributed by atoms with Crippen molar-refractivity contribution in [2.45, 2.75) is 26.5 Å². The lowest BCUT2D eigenvalue weighted by Gasteiger charge is -2.08. The van der Waals surface area contributed by atoms with E-state index in [0.717, 1.165) is 0 Å². The van der Waals surface area contributed by atoms with Gasteiger partial charge in [-0.05, 0) is 19.4 Å². The molecular weight excluding hydrogens is 181 g/mol. The molecule has 0 amide bonds. The number of nitrogens with one attached hydrogen (secondary N) is 1. The highest BCUT2D eigenvalue weighted by atomic mass is 19.1. The van der Waals surface area contributed by atoms with Gasteiger partial charge >= 0.3 is 0 Å². The van der Waals surface area contributed by atoms with Gasteiger partial charge in [-0.25, -0.2) is 4.39 Å². The largest absolute Gasteiger partial charge is 0.392 e. The monoisotopic (exact) mass is 197 g/mol. The highest BCUT2D eigenvalue weighted by Crippen LogP contribution is 2.11. The Bertz CT molecular complexity index is 299. The Labute approximate surface area is 83.8 Å². The van der Waals surface area contributed by atoms with Gasteiger partial charge in [-0.3, -0.25) is 0 Å². The summed E-state index contributed by atoms with van der Waals surface area (Å²) in [6, 6.07) is 5.32. The Balaban J connectivity index is 2.54. The first-order valence-corrected chi connectivity index (χ1v) is 4.74. The molecule has 0 spiro atoms. The molecule has 3 heteroatoms. The highest BCUT2D eigenvalue weighted by molar-refractivity contribution is 5.24. The highest BCUT2D eigenvalue weighted by Gasteiger charge is 2.04. The maximum atomic E-state index is 13.4. The second-order valence-electron chi connectivity index (χ2n) is 3.53. The zero-order valence-corrected chi connectivity index (χ0v) is 8.55. The predicted octanol–water partition coefficient (Wildman–Crippen LogP) is 1.60. The van der Waals surface area contributed by atoms with Crippen LogP contribution in [-0.2, 0) is 6.54 Å². The van der Waals surface area contributed by atoms with E-state index in [1.54, 1.807) is 26.0 Å². The number of aryl methyl sites for hydroxylation is 1. The summed E-state index contributed by atoms with van der Waals surface area (Å²) in [4.78, 5) is 0. The van der Waals surface area contributed by atoms with Gasteiger partial charge in [-0.1, -0.05) is 18.2 Å². The lowest BCUT2D eigenvalue weighted by atomic mass is 10.1. The maximum Gasteiger partial charge on any atom is 0.130 e. The number of hydrogen-bond acceptors (Lipinski definition) is 2. The lowest BCUT2D eigenvalue weighted by molar-refractivity contribution is 0.191. The van der Waals surface area contributed by atoms with Crippen LogP contribution in [0.3, 0.4) is 0 Å². The lowest BCUT2D eigenvalue weighted by Crippen LogP contribution is -2.24. The fourth-order valence-electron chi connectivity index (χ4n) is 1.26. The van der Waals surface area contributed by atoms with Crippen molar-refractivity contribution < 1.29 is 9.50 Å². The van der Waals surface area contributed by atoms with Crippen molar-refractivity contribution in [3.05, 3.63) is 35.1 Å². The molecule has 0 saturated heterocycles. The molecule has 0 heterocycles. The van der Waals surface area contributed by atoms with Crippen molar-refractivity contribution in [3.63, 3.8) is 0 Å². The third-order valence-corrected chi connectivity index (χ3v) is 2.03. The number of benzene rings is 1. The van der Waals surface area contributed by atoms with E-state index in [0.29, 0.717) is 24.2 Å². The molecule has 1 rings (SSSR count). The van der Waals surface area contributed by atoms with Gasteiger partial charge in [0.15, 0.2) is 0 Å². The first-order valence-electron chi connectivity index (χ1n) is 4.74. The van der Waals surface area contributed by atoms with Crippen molar-refractivity contribution in [2.75, 3.05) is 6.54 Å². The second kappa shape index (κ2) is 5.08. The quantitative estimate of drug-likeness (QED) is 0.768. The van der Waals surface area contributed by atoms with Crippen LogP contribution in [0.25, 0.3) is 0 Å². The number of hydrogen-bond donors (Lipinski definition) is 2. The summed E-state index contributed by atoms with van der Waals surface area (Å²) in [5.41, 5.74) is 1.30. The minimum atomic E-state index is -0.400. The topological polar surface area (TPSA) is 32.3 Å². The minimum Gasteiger partial charge on any atom is -0.392 e. The zero-order chi connectivity index (χ0) is 10.6. The van der Waals surface area contributed by atoms with Gasteiger partial charge in [0.1, 0.15) is 5.82 Å². The zero-order valence-electron chi connectivity index (χ0n) is 8.55. The molecule has 0 aromatic heterocycles. The van der Waals surface area contributed by atoms with Gasteiger partial charge in [-0.2, -0.15) is 0 Å². The van der Waals surface area contributed by atoms with E-state index in [-0.39, 0.29) is 5.82 Å². The number of aliphatic hydroxyl groups is 1. The van der Waals surface area contributed by atoms with Crippen molar-refractivity contribution in [3.8, 4) is 0 Å². The standard InChI is InChI=1S/C11H16FNO/c1-8-4-3-5-10(11(8)12)7-13-6-9(2)14/h3-5,9,13-14H,6-7H2,1-2H3. The van der Waals surface area contributed by atoms with Crippen molar-refractivity contribution in [1.82, 2.24) is 5.32 Å². The Hall–Kier alpha value is -0.930. The van der Waals surface area contributed by atoms with E-state index in [1.807, 2.05) is 6.07 Å². The maximum absolute atomic E-state index is 13.4. The first kappa shape index (κ1) is 11.1. The predicted molar refractivity (Wildman–Crippen MR) is 54.5 cm³/mol. The molecule has 1 unspecified atom stereocenters. The van der Waals surface area contributed by atoms with Crippen molar-refractivity contribution >= 4 is 0 Å². The molecule has 1 atom stereocenters. The second-order valence-corrected chi connectivity index (χ2v) is 3.53. The summed E-state index contributed by atoms with van der Waals surface area (Å²) in [5, 5.41) is 12.0. The molecule has 0 aliphatic rings. The van der Waals surface area contributed by atoms with E-state index < -0.39 is 6.10 Å². The van der Waals surface area contributed by atoms with Crippen LogP contribution < -0.4 is 5.32 Å². The van der Waals surface area contributed by atoms with Crippen LogP contribution in [0.1, 0.15) is 18.1 Å². The third kappa shape index (κ3) is 3.09. The summed E-state index contributed by atoms with van der Waals surface area (Å²) in [6.45, 7) is 4.37. The molecular formula is C11H16FNO. The summed E-state index contributed by atoms with van der Waals surface area (Å²) in [6.07, 6.45) is -0.400. The molecule has 0 fully saturated rings. The molecule has 14 heavy (non-hydrogen) atoms. The smallest absolute Gasteiger partial charge is 0.130 e. The van der Waals surface area contributed by atoms with Gasteiger partial charge in [0.2, 0.25) is 0 Å². The average Bonchev–Trinajstić information content (AvgIpc) is 2.12. The SMILES string of the molecule is Cc1cccc(CNCC(C)O)c1F. The van der Waals surface area contributed by atoms with Gasteiger partial charge < -0.3 is 10.4 Å². The van der Waals surface area contributed by atoms with Crippen LogP contribution in [-0.4, -0.2) is 17.8 Å². The van der Waals surface area contributed by atoms with Gasteiger partial charge in [-0.15, -0.1) is 0 Å². The van der Waals surface area contributed by atoms with Gasteiger partial charge in [0, 0.05) is 18.7 Å². The molecule has 1 aromatic rings. The fourth-order valence-corrected chi connectivity index (χ4v) is 1.26. The van der Waals surface area contributed by atoms with E-state index in [1.165, 1.54) is 0 Å². The molecule has 0 radical (unpaired) electrons. The van der Waals surface area contributed by atoms with Crippen LogP contribution in [0, 0.1) is 12.7 Å². The van der Waals surface area contributed by atoms with E-state index >= 15 is 0 Å². The molecule has 0 aliphatic heterocycles. The molecule has 2 N–H and O–H groups in total. The molecule has 0 aliphatic carbocycles. The average molecular weight is 197 g/mol. The van der Waals surface area contributed by atoms with Crippen LogP contribution in [0.4, 0.5) is 4.39 Å². The van der Waals surface area contributed by atoms with E-state index in [9.17, 15) is 4.39 Å². The first-order chi connectivity index (χ1) is 6.61. The summed E-state index contributed by atoms with van der Waals surface area (Å²) in [5.74, 6) is -0.161. The van der Waals surface area contributed by atoms with Crippen molar-refractivity contribution in [1.29, 1.82) is 0 Å². The van der Waals surface area contributed by atoms with Crippen LogP contribution in [0.2, 0.25) is 0 Å². The Kier molecular flexibility index (Phi) is 4.04. The molecule has 2 nitrogen and oxygen atoms in total. The van der Waals surface area contributed by atoms with E-state index in [4.69, 9.17) is 5.11 Å². The minimum absolute atomic E-state index is 0.161. The van der Waals surface area contributed by atoms with Crippen molar-refractivity contribution in [2.24, 2.45) is 0 Å². The summed E-state index contributed by atoms with van der Waals surface area (Å²) < 4.78 is 13.4. The third-order valence-electron chi connectivity index (χ3n) is 2.03.